The quantitative estimate of drug-likeness (QED) is 0.410. The van der Waals surface area contributed by atoms with Crippen LogP contribution in [0.15, 0.2) is 11.6 Å². The smallest absolute Gasteiger partial charge is 0.310 e. The number of carboxylic acids is 1. The van der Waals surface area contributed by atoms with E-state index in [0.29, 0.717) is 18.8 Å². The molecule has 206 valence electrons. The van der Waals surface area contributed by atoms with Gasteiger partial charge in [0.1, 0.15) is 6.10 Å². The summed E-state index contributed by atoms with van der Waals surface area (Å²) in [5.41, 5.74) is -0.378. The molecule has 0 radical (unpaired) electrons. The van der Waals surface area contributed by atoms with Crippen molar-refractivity contribution in [3.05, 3.63) is 11.6 Å². The number of hydrogen-bond acceptors (Lipinski definition) is 4. The Hall–Kier alpha value is -1.65. The van der Waals surface area contributed by atoms with Crippen LogP contribution in [0.5, 0.6) is 0 Å². The Morgan fingerprint density at radius 3 is 2.24 bits per heavy atom. The Morgan fingerprint density at radius 2 is 1.62 bits per heavy atom. The van der Waals surface area contributed by atoms with Crippen LogP contribution in [0.2, 0.25) is 0 Å². The van der Waals surface area contributed by atoms with Gasteiger partial charge in [0.25, 0.3) is 0 Å². The molecule has 5 heteroatoms. The van der Waals surface area contributed by atoms with Crippen molar-refractivity contribution in [2.45, 2.75) is 113 Å². The number of rotatable bonds is 2. The fourth-order valence-electron chi connectivity index (χ4n) is 11.1. The lowest BCUT2D eigenvalue weighted by Gasteiger charge is -2.70. The normalized spacial score (nSPS) is 50.5. The number of esters is 1. The van der Waals surface area contributed by atoms with Crippen LogP contribution in [0.4, 0.5) is 0 Å². The van der Waals surface area contributed by atoms with Gasteiger partial charge in [0.2, 0.25) is 0 Å². The van der Waals surface area contributed by atoms with Gasteiger partial charge in [0.15, 0.2) is 5.78 Å². The molecule has 5 aliphatic rings. The highest BCUT2D eigenvalue weighted by Gasteiger charge is 2.71. The fourth-order valence-corrected chi connectivity index (χ4v) is 11.1. The molecule has 0 spiro atoms. The molecular formula is C32H48O5. The molecule has 0 amide bonds. The second-order valence-electron chi connectivity index (χ2n) is 15.1. The molecule has 4 saturated carbocycles. The van der Waals surface area contributed by atoms with Crippen molar-refractivity contribution in [3.8, 4) is 0 Å². The van der Waals surface area contributed by atoms with Crippen LogP contribution in [0.1, 0.15) is 107 Å². The molecule has 37 heavy (non-hydrogen) atoms. The van der Waals surface area contributed by atoms with Gasteiger partial charge in [0, 0.05) is 18.3 Å². The summed E-state index contributed by atoms with van der Waals surface area (Å²) in [5, 5.41) is 10.6. The number of carbonyl (C=O) groups excluding carboxylic acids is 2. The Bertz CT molecular complexity index is 1060. The van der Waals surface area contributed by atoms with Gasteiger partial charge in [-0.1, -0.05) is 54.0 Å². The highest BCUT2D eigenvalue weighted by atomic mass is 16.5. The molecule has 5 aliphatic carbocycles. The van der Waals surface area contributed by atoms with Crippen molar-refractivity contribution in [1.29, 1.82) is 0 Å². The van der Waals surface area contributed by atoms with Crippen LogP contribution in [-0.2, 0) is 19.1 Å². The largest absolute Gasteiger partial charge is 0.481 e. The van der Waals surface area contributed by atoms with Gasteiger partial charge in [-0.3, -0.25) is 14.4 Å². The third-order valence-electron chi connectivity index (χ3n) is 13.4. The summed E-state index contributed by atoms with van der Waals surface area (Å²) in [6.07, 6.45) is 8.65. The van der Waals surface area contributed by atoms with E-state index in [1.165, 1.54) is 6.92 Å². The molecule has 0 bridgehead atoms. The maximum absolute atomic E-state index is 14.4. The molecule has 10 atom stereocenters. The number of aliphatic carboxylic acids is 1. The van der Waals surface area contributed by atoms with Crippen molar-refractivity contribution in [1.82, 2.24) is 0 Å². The minimum Gasteiger partial charge on any atom is -0.481 e. The Labute approximate surface area is 223 Å². The SMILES string of the molecule is CC(=O)O[C@H]1CC[C@]2(C)[C@H]3C(=O)C=C4[C@@H]5[C@@H](C)[C@H](C)CC[C@]5(C(=O)O)CC[C@@]4(C)[C@]3(C)CC[C@H]2C1(C)C. The number of carboxylic acid groups (broad SMARTS) is 1. The molecule has 1 N–H and O–H groups in total. The monoisotopic (exact) mass is 512 g/mol. The van der Waals surface area contributed by atoms with Gasteiger partial charge in [0.05, 0.1) is 5.41 Å². The zero-order valence-electron chi connectivity index (χ0n) is 24.3. The molecule has 0 unspecified atom stereocenters. The van der Waals surface area contributed by atoms with Crippen LogP contribution < -0.4 is 0 Å². The lowest BCUT2D eigenvalue weighted by atomic mass is 9.33. The first-order chi connectivity index (χ1) is 17.1. The fraction of sp³-hybridized carbons (Fsp3) is 0.844. The van der Waals surface area contributed by atoms with Gasteiger partial charge in [-0.15, -0.1) is 0 Å². The van der Waals surface area contributed by atoms with Crippen molar-refractivity contribution < 1.29 is 24.2 Å². The number of fused-ring (bicyclic) bond motifs is 7. The summed E-state index contributed by atoms with van der Waals surface area (Å²) in [5.74, 6) is 0.135. The Kier molecular flexibility index (Phi) is 5.95. The number of ketones is 1. The standard InChI is InChI=1S/C32H48O5/c1-18-9-14-32(27(35)36)16-15-30(7)21(25(32)19(18)2)17-22(34)26-29(6)12-11-24(37-20(3)33)28(4,5)23(29)10-13-31(26,30)8/h17-19,23-26H,9-16H2,1-8H3,(H,35,36)/t18-,19+,23+,24+,25+,26-,29+,30-,31-,32+/m1/s1. The van der Waals surface area contributed by atoms with Crippen molar-refractivity contribution >= 4 is 17.7 Å². The van der Waals surface area contributed by atoms with Crippen LogP contribution >= 0.6 is 0 Å². The van der Waals surface area contributed by atoms with Crippen molar-refractivity contribution in [3.63, 3.8) is 0 Å². The number of ether oxygens (including phenoxy) is 1. The zero-order valence-corrected chi connectivity index (χ0v) is 24.3. The molecule has 0 heterocycles. The van der Waals surface area contributed by atoms with Crippen LogP contribution in [0, 0.1) is 56.7 Å². The summed E-state index contributed by atoms with van der Waals surface area (Å²) < 4.78 is 5.82. The summed E-state index contributed by atoms with van der Waals surface area (Å²) in [4.78, 5) is 39.1. The highest BCUT2D eigenvalue weighted by molar-refractivity contribution is 5.96. The third kappa shape index (κ3) is 3.30. The molecule has 4 fully saturated rings. The van der Waals surface area contributed by atoms with E-state index in [9.17, 15) is 19.5 Å². The van der Waals surface area contributed by atoms with Crippen molar-refractivity contribution in [2.75, 3.05) is 0 Å². The van der Waals surface area contributed by atoms with E-state index in [1.54, 1.807) is 0 Å². The van der Waals surface area contributed by atoms with Crippen LogP contribution in [0.3, 0.4) is 0 Å². The van der Waals surface area contributed by atoms with E-state index in [1.807, 2.05) is 6.08 Å². The van der Waals surface area contributed by atoms with Gasteiger partial charge in [-0.25, -0.2) is 0 Å². The van der Waals surface area contributed by atoms with Gasteiger partial charge in [-0.05, 0) is 97.4 Å². The number of carbonyl (C=O) groups is 3. The topological polar surface area (TPSA) is 80.7 Å². The lowest BCUT2D eigenvalue weighted by molar-refractivity contribution is -0.212. The van der Waals surface area contributed by atoms with Gasteiger partial charge < -0.3 is 9.84 Å². The summed E-state index contributed by atoms with van der Waals surface area (Å²) in [6, 6.07) is 0. The Morgan fingerprint density at radius 1 is 0.946 bits per heavy atom. The van der Waals surface area contributed by atoms with E-state index in [2.05, 4.69) is 48.5 Å². The van der Waals surface area contributed by atoms with E-state index in [-0.39, 0.29) is 63.2 Å². The van der Waals surface area contributed by atoms with Crippen LogP contribution in [-0.4, -0.2) is 28.9 Å². The predicted octanol–water partition coefficient (Wildman–Crippen LogP) is 6.84. The average molecular weight is 513 g/mol. The molecule has 5 nitrogen and oxygen atoms in total. The maximum Gasteiger partial charge on any atom is 0.310 e. The zero-order chi connectivity index (χ0) is 27.3. The maximum atomic E-state index is 14.4. The Balaban J connectivity index is 1.62. The minimum atomic E-state index is -0.744. The molecule has 0 aromatic rings. The molecule has 0 aromatic heterocycles. The van der Waals surface area contributed by atoms with Gasteiger partial charge in [-0.2, -0.15) is 0 Å². The molecular weight excluding hydrogens is 464 g/mol. The summed E-state index contributed by atoms with van der Waals surface area (Å²) in [7, 11) is 0. The number of hydrogen-bond donors (Lipinski definition) is 1. The average Bonchev–Trinajstić information content (AvgIpc) is 2.79. The van der Waals surface area contributed by atoms with Crippen LogP contribution in [0.25, 0.3) is 0 Å². The lowest BCUT2D eigenvalue weighted by Crippen LogP contribution is -2.67. The molecule has 0 aromatic carbocycles. The third-order valence-corrected chi connectivity index (χ3v) is 13.4. The van der Waals surface area contributed by atoms with Gasteiger partial charge >= 0.3 is 11.9 Å². The van der Waals surface area contributed by atoms with Crippen molar-refractivity contribution in [2.24, 2.45) is 56.7 Å². The summed E-state index contributed by atoms with van der Waals surface area (Å²) >= 11 is 0. The van der Waals surface area contributed by atoms with E-state index < -0.39 is 11.4 Å². The minimum absolute atomic E-state index is 0.0732. The summed E-state index contributed by atoms with van der Waals surface area (Å²) in [6.45, 7) is 17.5. The first kappa shape index (κ1) is 26.9. The van der Waals surface area contributed by atoms with E-state index in [0.717, 1.165) is 44.1 Å². The first-order valence-electron chi connectivity index (χ1n) is 14.7. The van der Waals surface area contributed by atoms with E-state index in [4.69, 9.17) is 4.74 Å². The second kappa shape index (κ2) is 8.18. The first-order valence-corrected chi connectivity index (χ1v) is 14.7. The second-order valence-corrected chi connectivity index (χ2v) is 15.1. The van der Waals surface area contributed by atoms with E-state index >= 15 is 0 Å². The molecule has 0 aliphatic heterocycles. The predicted molar refractivity (Wildman–Crippen MR) is 143 cm³/mol. The molecule has 5 rings (SSSR count). The molecule has 0 saturated heterocycles. The number of allylic oxidation sites excluding steroid dienone is 2. The highest BCUT2D eigenvalue weighted by Crippen LogP contribution is 2.75.